The van der Waals surface area contributed by atoms with Crippen molar-refractivity contribution in [2.45, 2.75) is 32.4 Å². The minimum absolute atomic E-state index is 0.242. The number of halogens is 2. The summed E-state index contributed by atoms with van der Waals surface area (Å²) >= 11 is 0. The van der Waals surface area contributed by atoms with Gasteiger partial charge in [0, 0.05) is 48.8 Å². The summed E-state index contributed by atoms with van der Waals surface area (Å²) in [6.45, 7) is 8.90. The van der Waals surface area contributed by atoms with Gasteiger partial charge in [-0.1, -0.05) is 0 Å². The van der Waals surface area contributed by atoms with Crippen LogP contribution in [0, 0.1) is 6.92 Å². The number of aromatic nitrogens is 4. The monoisotopic (exact) mass is 470 g/mol. The number of rotatable bonds is 5. The van der Waals surface area contributed by atoms with Crippen molar-refractivity contribution >= 4 is 28.1 Å². The number of ether oxygens (including phenoxy) is 1. The Balaban J connectivity index is 1.44. The lowest BCUT2D eigenvalue weighted by atomic mass is 10.1. The van der Waals surface area contributed by atoms with Gasteiger partial charge in [0.1, 0.15) is 11.5 Å². The van der Waals surface area contributed by atoms with Crippen molar-refractivity contribution in [3.05, 3.63) is 41.5 Å². The standard InChI is InChI=1S/C23H28F2N8O/c1-13-18-10-27-21(33-4-3-32-5-6-34-12-16(32)11-33)9-17(18)23(31-30-13)28-14(2)19-7-15(26)8-20(29-19)22(24)25/h7-10,14,16,22H,3-6,11-12H2,1-2H3,(H2,26,29)(H,28,31)/t14-,16+/m1/s1. The molecule has 0 radical (unpaired) electrons. The molecule has 0 aliphatic carbocycles. The minimum atomic E-state index is -2.70. The molecule has 3 aromatic rings. The molecule has 5 rings (SSSR count). The van der Waals surface area contributed by atoms with E-state index in [4.69, 9.17) is 15.5 Å². The Labute approximate surface area is 196 Å². The molecule has 34 heavy (non-hydrogen) atoms. The molecule has 9 nitrogen and oxygen atoms in total. The number of fused-ring (bicyclic) bond motifs is 2. The molecule has 2 atom stereocenters. The van der Waals surface area contributed by atoms with Crippen molar-refractivity contribution in [3.8, 4) is 0 Å². The normalized spacial score (nSPS) is 19.9. The second-order valence-electron chi connectivity index (χ2n) is 8.85. The van der Waals surface area contributed by atoms with Gasteiger partial charge in [0.15, 0.2) is 5.82 Å². The summed E-state index contributed by atoms with van der Waals surface area (Å²) in [5.74, 6) is 1.40. The number of hydrogen-bond donors (Lipinski definition) is 2. The highest BCUT2D eigenvalue weighted by Crippen LogP contribution is 2.30. The summed E-state index contributed by atoms with van der Waals surface area (Å²) in [6, 6.07) is 4.74. The predicted octanol–water partition coefficient (Wildman–Crippen LogP) is 2.94. The first-order valence-electron chi connectivity index (χ1n) is 11.4. The molecule has 0 spiro atoms. The number of pyridine rings is 2. The lowest BCUT2D eigenvalue weighted by molar-refractivity contribution is -0.0117. The number of aryl methyl sites for hydroxylation is 1. The Morgan fingerprint density at radius 2 is 1.94 bits per heavy atom. The van der Waals surface area contributed by atoms with Crippen molar-refractivity contribution in [2.75, 3.05) is 55.3 Å². The molecule has 0 amide bonds. The van der Waals surface area contributed by atoms with E-state index in [1.165, 1.54) is 6.07 Å². The summed E-state index contributed by atoms with van der Waals surface area (Å²) in [4.78, 5) is 13.5. The average molecular weight is 471 g/mol. The smallest absolute Gasteiger partial charge is 0.280 e. The van der Waals surface area contributed by atoms with E-state index < -0.39 is 12.5 Å². The SMILES string of the molecule is Cc1nnc(N[C@H](C)c2cc(N)cc(C(F)F)n2)c2cc(N3CCN4CCOC[C@@H]4C3)ncc12. The van der Waals surface area contributed by atoms with Crippen LogP contribution in [-0.4, -0.2) is 70.5 Å². The van der Waals surface area contributed by atoms with Crippen LogP contribution in [0.2, 0.25) is 0 Å². The van der Waals surface area contributed by atoms with Crippen LogP contribution in [0.3, 0.4) is 0 Å². The highest BCUT2D eigenvalue weighted by atomic mass is 19.3. The number of nitrogen functional groups attached to an aromatic ring is 1. The maximum atomic E-state index is 13.2. The zero-order valence-electron chi connectivity index (χ0n) is 19.2. The van der Waals surface area contributed by atoms with Gasteiger partial charge in [0.25, 0.3) is 6.43 Å². The first kappa shape index (κ1) is 22.6. The molecule has 0 bridgehead atoms. The number of piperazine rings is 1. The van der Waals surface area contributed by atoms with Gasteiger partial charge in [-0.3, -0.25) is 4.90 Å². The molecule has 2 saturated heterocycles. The maximum Gasteiger partial charge on any atom is 0.280 e. The zero-order chi connectivity index (χ0) is 23.8. The van der Waals surface area contributed by atoms with Crippen LogP contribution >= 0.6 is 0 Å². The van der Waals surface area contributed by atoms with E-state index >= 15 is 0 Å². The Hall–Kier alpha value is -3.18. The van der Waals surface area contributed by atoms with E-state index in [2.05, 4.69) is 30.3 Å². The number of nitrogens with zero attached hydrogens (tertiary/aromatic N) is 6. The second kappa shape index (κ2) is 9.22. The number of alkyl halides is 2. The van der Waals surface area contributed by atoms with E-state index in [1.807, 2.05) is 26.1 Å². The van der Waals surface area contributed by atoms with Crippen molar-refractivity contribution < 1.29 is 13.5 Å². The molecule has 0 saturated carbocycles. The summed E-state index contributed by atoms with van der Waals surface area (Å²) < 4.78 is 32.1. The molecule has 2 fully saturated rings. The van der Waals surface area contributed by atoms with Crippen LogP contribution in [0.15, 0.2) is 24.4 Å². The minimum Gasteiger partial charge on any atom is -0.399 e. The van der Waals surface area contributed by atoms with Gasteiger partial charge in [-0.05, 0) is 32.0 Å². The van der Waals surface area contributed by atoms with E-state index in [9.17, 15) is 8.78 Å². The molecular weight excluding hydrogens is 442 g/mol. The highest BCUT2D eigenvalue weighted by Gasteiger charge is 2.30. The van der Waals surface area contributed by atoms with Crippen LogP contribution in [0.1, 0.15) is 36.5 Å². The van der Waals surface area contributed by atoms with Crippen molar-refractivity contribution in [1.82, 2.24) is 25.1 Å². The summed E-state index contributed by atoms with van der Waals surface area (Å²) in [6.07, 6.45) is -0.875. The van der Waals surface area contributed by atoms with Crippen molar-refractivity contribution in [2.24, 2.45) is 0 Å². The predicted molar refractivity (Wildman–Crippen MR) is 126 cm³/mol. The van der Waals surface area contributed by atoms with Gasteiger partial charge in [-0.2, -0.15) is 5.10 Å². The molecular formula is C23H28F2N8O. The molecule has 2 aliphatic heterocycles. The molecule has 5 heterocycles. The number of nitrogens with two attached hydrogens (primary N) is 1. The molecule has 3 N–H and O–H groups in total. The van der Waals surface area contributed by atoms with Crippen molar-refractivity contribution in [1.29, 1.82) is 0 Å². The van der Waals surface area contributed by atoms with Crippen LogP contribution in [0.25, 0.3) is 10.8 Å². The number of morpholine rings is 1. The topological polar surface area (TPSA) is 105 Å². The van der Waals surface area contributed by atoms with Crippen LogP contribution < -0.4 is 16.0 Å². The van der Waals surface area contributed by atoms with Gasteiger partial charge in [-0.25, -0.2) is 18.7 Å². The zero-order valence-corrected chi connectivity index (χ0v) is 19.2. The molecule has 180 valence electrons. The first-order valence-corrected chi connectivity index (χ1v) is 11.4. The van der Waals surface area contributed by atoms with Gasteiger partial charge in [0.2, 0.25) is 0 Å². The lowest BCUT2D eigenvalue weighted by Crippen LogP contribution is -2.58. The average Bonchev–Trinajstić information content (AvgIpc) is 2.84. The lowest BCUT2D eigenvalue weighted by Gasteiger charge is -2.44. The van der Waals surface area contributed by atoms with Crippen LogP contribution in [-0.2, 0) is 4.74 Å². The van der Waals surface area contributed by atoms with E-state index in [-0.39, 0.29) is 11.4 Å². The van der Waals surface area contributed by atoms with Crippen LogP contribution in [0.4, 0.5) is 26.1 Å². The van der Waals surface area contributed by atoms with Gasteiger partial charge in [-0.15, -0.1) is 5.10 Å². The summed E-state index contributed by atoms with van der Waals surface area (Å²) in [7, 11) is 0. The molecule has 2 aliphatic rings. The number of hydrogen-bond acceptors (Lipinski definition) is 9. The Bertz CT molecular complexity index is 1190. The van der Waals surface area contributed by atoms with Gasteiger partial charge < -0.3 is 20.7 Å². The molecule has 3 aromatic heterocycles. The fraction of sp³-hybridized carbons (Fsp3) is 0.478. The molecule has 0 aromatic carbocycles. The Kier molecular flexibility index (Phi) is 6.13. The Morgan fingerprint density at radius 3 is 2.76 bits per heavy atom. The Morgan fingerprint density at radius 1 is 1.12 bits per heavy atom. The third-order valence-electron chi connectivity index (χ3n) is 6.50. The maximum absolute atomic E-state index is 13.2. The molecule has 0 unspecified atom stereocenters. The number of nitrogens with one attached hydrogen (secondary N) is 1. The second-order valence-corrected chi connectivity index (χ2v) is 8.85. The first-order chi connectivity index (χ1) is 16.4. The fourth-order valence-electron chi connectivity index (χ4n) is 4.60. The largest absolute Gasteiger partial charge is 0.399 e. The van der Waals surface area contributed by atoms with E-state index in [0.717, 1.165) is 61.7 Å². The fourth-order valence-corrected chi connectivity index (χ4v) is 4.60. The highest BCUT2D eigenvalue weighted by molar-refractivity contribution is 5.94. The third-order valence-corrected chi connectivity index (χ3v) is 6.50. The van der Waals surface area contributed by atoms with Gasteiger partial charge in [0.05, 0.1) is 36.7 Å². The summed E-state index contributed by atoms with van der Waals surface area (Å²) in [5, 5.41) is 13.6. The van der Waals surface area contributed by atoms with Crippen LogP contribution in [0.5, 0.6) is 0 Å². The molecule has 11 heteroatoms. The van der Waals surface area contributed by atoms with E-state index in [0.29, 0.717) is 17.6 Å². The quantitative estimate of drug-likeness (QED) is 0.582. The van der Waals surface area contributed by atoms with E-state index in [1.54, 1.807) is 6.07 Å². The third kappa shape index (κ3) is 4.45. The summed E-state index contributed by atoms with van der Waals surface area (Å²) in [5.41, 5.74) is 6.90. The van der Waals surface area contributed by atoms with Gasteiger partial charge >= 0.3 is 0 Å². The number of anilines is 3. The van der Waals surface area contributed by atoms with Crippen molar-refractivity contribution in [3.63, 3.8) is 0 Å².